The maximum Gasteiger partial charge on any atom is 0.189 e. The fourth-order valence-corrected chi connectivity index (χ4v) is 5.89. The van der Waals surface area contributed by atoms with E-state index in [1.54, 1.807) is 0 Å². The van der Waals surface area contributed by atoms with E-state index < -0.39 is 0 Å². The average Bonchev–Trinajstić information content (AvgIpc) is 3.46. The van der Waals surface area contributed by atoms with Gasteiger partial charge in [-0.2, -0.15) is 0 Å². The molecule has 4 aromatic carbocycles. The van der Waals surface area contributed by atoms with Crippen molar-refractivity contribution < 1.29 is 6.85 Å². The minimum atomic E-state index is -0.385. The van der Waals surface area contributed by atoms with E-state index in [4.69, 9.17) is 18.4 Å². The fraction of sp³-hybridized carbons (Fsp3) is 0.0556. The highest BCUT2D eigenvalue weighted by Crippen LogP contribution is 2.39. The van der Waals surface area contributed by atoms with Gasteiger partial charge in [0.05, 0.1) is 24.5 Å². The van der Waals surface area contributed by atoms with Gasteiger partial charge in [-0.1, -0.05) is 97.0 Å². The third-order valence-electron chi connectivity index (χ3n) is 7.77. The van der Waals surface area contributed by atoms with Gasteiger partial charge in [0.1, 0.15) is 5.65 Å². The van der Waals surface area contributed by atoms with Gasteiger partial charge in [0.2, 0.25) is 0 Å². The SMILES string of the molecule is [2H]c1c([2H])c([2H])c(C2=CC3C=CC(c4ccc5c(c4)c4ccc([N+]#[C-])cc4n4c6ccccc6nc54)=CC3C=C2)c([2H])c1[2H]. The Balaban J connectivity index is 1.23. The van der Waals surface area contributed by atoms with Gasteiger partial charge in [0, 0.05) is 28.1 Å². The lowest BCUT2D eigenvalue weighted by molar-refractivity contribution is 0.665. The Morgan fingerprint density at radius 2 is 1.49 bits per heavy atom. The van der Waals surface area contributed by atoms with Crippen LogP contribution in [0.3, 0.4) is 0 Å². The number of imidazole rings is 1. The van der Waals surface area contributed by atoms with E-state index >= 15 is 0 Å². The molecule has 2 aliphatic rings. The maximum atomic E-state index is 8.38. The quantitative estimate of drug-likeness (QED) is 0.171. The molecule has 2 unspecified atom stereocenters. The molecule has 2 aromatic heterocycles. The van der Waals surface area contributed by atoms with Crippen molar-refractivity contribution in [2.45, 2.75) is 0 Å². The van der Waals surface area contributed by atoms with Crippen molar-refractivity contribution in [1.29, 1.82) is 0 Å². The van der Waals surface area contributed by atoms with Crippen LogP contribution >= 0.6 is 0 Å². The second-order valence-corrected chi connectivity index (χ2v) is 9.95. The van der Waals surface area contributed by atoms with Crippen LogP contribution in [0.15, 0.2) is 127 Å². The third kappa shape index (κ3) is 3.39. The zero-order valence-corrected chi connectivity index (χ0v) is 20.7. The predicted octanol–water partition coefficient (Wildman–Crippen LogP) is 9.18. The number of para-hydroxylation sites is 2. The Kier molecular flexibility index (Phi) is 3.74. The van der Waals surface area contributed by atoms with Crippen LogP contribution in [-0.2, 0) is 0 Å². The predicted molar refractivity (Wildman–Crippen MR) is 162 cm³/mol. The van der Waals surface area contributed by atoms with Crippen LogP contribution in [-0.4, -0.2) is 9.38 Å². The van der Waals surface area contributed by atoms with E-state index in [2.05, 4.69) is 51.7 Å². The highest BCUT2D eigenvalue weighted by molar-refractivity contribution is 6.15. The van der Waals surface area contributed by atoms with Crippen molar-refractivity contribution in [2.24, 2.45) is 11.8 Å². The summed E-state index contributed by atoms with van der Waals surface area (Å²) >= 11 is 0. The fourth-order valence-electron chi connectivity index (χ4n) is 5.89. The molecule has 3 heteroatoms. The molecule has 182 valence electrons. The summed E-state index contributed by atoms with van der Waals surface area (Å²) in [6, 6.07) is 18.9. The van der Waals surface area contributed by atoms with Crippen LogP contribution < -0.4 is 0 Å². The molecular formula is C36H23N3. The van der Waals surface area contributed by atoms with E-state index in [0.29, 0.717) is 11.3 Å². The molecule has 0 saturated carbocycles. The number of nitrogens with zero attached hydrogens (tertiary/aromatic N) is 3. The Bertz CT molecular complexity index is 2390. The summed E-state index contributed by atoms with van der Waals surface area (Å²) in [5.41, 5.74) is 7.31. The lowest BCUT2D eigenvalue weighted by Gasteiger charge is -2.26. The summed E-state index contributed by atoms with van der Waals surface area (Å²) < 4.78 is 42.9. The minimum Gasteiger partial charge on any atom is -0.293 e. The van der Waals surface area contributed by atoms with E-state index in [1.165, 1.54) is 0 Å². The van der Waals surface area contributed by atoms with E-state index in [1.807, 2.05) is 54.6 Å². The van der Waals surface area contributed by atoms with E-state index in [-0.39, 0.29) is 47.6 Å². The van der Waals surface area contributed by atoms with Crippen molar-refractivity contribution in [3.05, 3.63) is 150 Å². The molecule has 3 nitrogen and oxygen atoms in total. The lowest BCUT2D eigenvalue weighted by atomic mass is 9.79. The first kappa shape index (κ1) is 17.3. The highest BCUT2D eigenvalue weighted by atomic mass is 15.0. The number of pyridine rings is 1. The van der Waals surface area contributed by atoms with Crippen LogP contribution in [0, 0.1) is 18.4 Å². The molecule has 0 radical (unpaired) electrons. The largest absolute Gasteiger partial charge is 0.293 e. The molecule has 2 atom stereocenters. The van der Waals surface area contributed by atoms with Gasteiger partial charge in [-0.05, 0) is 58.0 Å². The van der Waals surface area contributed by atoms with Gasteiger partial charge in [-0.3, -0.25) is 4.40 Å². The zero-order valence-electron chi connectivity index (χ0n) is 25.7. The monoisotopic (exact) mass is 502 g/mol. The molecule has 8 rings (SSSR count). The normalized spacial score (nSPS) is 20.1. The summed E-state index contributed by atoms with van der Waals surface area (Å²) in [6.45, 7) is 7.60. The topological polar surface area (TPSA) is 21.7 Å². The van der Waals surface area contributed by atoms with Crippen molar-refractivity contribution in [3.63, 3.8) is 0 Å². The van der Waals surface area contributed by atoms with Crippen LogP contribution in [0.2, 0.25) is 0 Å². The number of aromatic nitrogens is 2. The van der Waals surface area contributed by atoms with Crippen LogP contribution in [0.5, 0.6) is 0 Å². The number of benzene rings is 4. The first-order chi connectivity index (χ1) is 21.3. The summed E-state index contributed by atoms with van der Waals surface area (Å²) in [7, 11) is 0. The van der Waals surface area contributed by atoms with Gasteiger partial charge in [-0.15, -0.1) is 0 Å². The van der Waals surface area contributed by atoms with Gasteiger partial charge < -0.3 is 0 Å². The molecular weight excluding hydrogens is 474 g/mol. The van der Waals surface area contributed by atoms with E-state index in [9.17, 15) is 0 Å². The summed E-state index contributed by atoms with van der Waals surface area (Å²) in [4.78, 5) is 8.67. The first-order valence-corrected chi connectivity index (χ1v) is 12.9. The van der Waals surface area contributed by atoms with Crippen LogP contribution in [0.25, 0.3) is 54.3 Å². The van der Waals surface area contributed by atoms with Crippen molar-refractivity contribution >= 4 is 55.2 Å². The lowest BCUT2D eigenvalue weighted by Crippen LogP contribution is -2.13. The second kappa shape index (κ2) is 8.41. The van der Waals surface area contributed by atoms with Crippen LogP contribution in [0.4, 0.5) is 5.69 Å². The Morgan fingerprint density at radius 3 is 2.28 bits per heavy atom. The molecule has 0 amide bonds. The molecule has 2 aliphatic carbocycles. The van der Waals surface area contributed by atoms with Crippen molar-refractivity contribution in [3.8, 4) is 0 Å². The Morgan fingerprint density at radius 1 is 0.744 bits per heavy atom. The number of hydrogen-bond donors (Lipinski definition) is 0. The highest BCUT2D eigenvalue weighted by Gasteiger charge is 2.22. The smallest absolute Gasteiger partial charge is 0.189 e. The van der Waals surface area contributed by atoms with Crippen molar-refractivity contribution in [2.75, 3.05) is 0 Å². The second-order valence-electron chi connectivity index (χ2n) is 9.95. The third-order valence-corrected chi connectivity index (χ3v) is 7.77. The molecule has 39 heavy (non-hydrogen) atoms. The standard InChI is InChI=1S/C36H23N3/c1-37-29-16-18-30-32-21-28(15-17-31(32)36-38-33-9-5-6-10-34(33)39(36)35(30)22-29)27-14-13-25-19-24(11-12-26(25)20-27)23-7-3-2-4-8-23/h2-22,25-26H/i2D,3D,4D,7D,8D. The van der Waals surface area contributed by atoms with E-state index in [0.717, 1.165) is 49.5 Å². The molecule has 0 saturated heterocycles. The molecule has 0 N–H and O–H groups in total. The van der Waals surface area contributed by atoms with Gasteiger partial charge in [-0.25, -0.2) is 9.83 Å². The zero-order chi connectivity index (χ0) is 30.3. The van der Waals surface area contributed by atoms with Gasteiger partial charge >= 0.3 is 0 Å². The molecule has 0 fully saturated rings. The van der Waals surface area contributed by atoms with Crippen LogP contribution in [0.1, 0.15) is 18.0 Å². The summed E-state index contributed by atoms with van der Waals surface area (Å²) in [5.74, 6) is 0.0687. The number of fused-ring (bicyclic) bond motifs is 9. The Labute approximate surface area is 233 Å². The van der Waals surface area contributed by atoms with Crippen molar-refractivity contribution in [1.82, 2.24) is 9.38 Å². The molecule has 6 aromatic rings. The maximum absolute atomic E-state index is 8.38. The number of rotatable bonds is 2. The molecule has 0 spiro atoms. The number of hydrogen-bond acceptors (Lipinski definition) is 1. The Hall–Kier alpha value is -5.20. The molecule has 0 aliphatic heterocycles. The first-order valence-electron chi connectivity index (χ1n) is 15.4. The van der Waals surface area contributed by atoms with Gasteiger partial charge in [0.25, 0.3) is 0 Å². The minimum absolute atomic E-state index is 0.00176. The van der Waals surface area contributed by atoms with Gasteiger partial charge in [0.15, 0.2) is 5.69 Å². The number of allylic oxidation sites excluding steroid dienone is 8. The molecule has 0 bridgehead atoms. The summed E-state index contributed by atoms with van der Waals surface area (Å²) in [6.07, 6.45) is 12.3. The average molecular weight is 503 g/mol. The summed E-state index contributed by atoms with van der Waals surface area (Å²) in [5, 5.41) is 3.15. The molecule has 2 heterocycles.